The summed E-state index contributed by atoms with van der Waals surface area (Å²) < 4.78 is 16.8. The number of methoxy groups -OCH3 is 1. The van der Waals surface area contributed by atoms with E-state index in [-0.39, 0.29) is 17.1 Å². The largest absolute Gasteiger partial charge is 0.493 e. The Labute approximate surface area is 190 Å². The van der Waals surface area contributed by atoms with Gasteiger partial charge in [0.05, 0.1) is 13.2 Å². The summed E-state index contributed by atoms with van der Waals surface area (Å²) >= 11 is 0. The van der Waals surface area contributed by atoms with Gasteiger partial charge in [-0.3, -0.25) is 4.79 Å². The lowest BCUT2D eigenvalue weighted by atomic mass is 9.67. The Morgan fingerprint density at radius 3 is 2.81 bits per heavy atom. The molecule has 0 amide bonds. The molecular weight excluding hydrogens is 402 g/mol. The number of ether oxygens (including phenoxy) is 3. The van der Waals surface area contributed by atoms with E-state index in [1.54, 1.807) is 13.2 Å². The Bertz CT molecular complexity index is 960. The van der Waals surface area contributed by atoms with Crippen LogP contribution in [0.1, 0.15) is 48.8 Å². The number of carbonyl (C=O) groups excluding carboxylic acids is 1. The van der Waals surface area contributed by atoms with Gasteiger partial charge in [-0.2, -0.15) is 0 Å². The standard InChI is InChI=1S/C27H33NO4/c1-30-14-3-15-31-23-5-2-4-20(16-23)6-8-25(29)22-10-12-27(13-11-22)19-32-26-9-7-21(18-28)17-24(26)27/h2,4-9,16-17,22H,3,10-15,18-19,28H2,1H3. The first-order valence-corrected chi connectivity index (χ1v) is 11.5. The number of carbonyl (C=O) groups is 1. The number of allylic oxidation sites excluding steroid dienone is 1. The molecule has 5 nitrogen and oxygen atoms in total. The quantitative estimate of drug-likeness (QED) is 0.458. The minimum absolute atomic E-state index is 0.0372. The van der Waals surface area contributed by atoms with Gasteiger partial charge in [-0.15, -0.1) is 0 Å². The lowest BCUT2D eigenvalue weighted by molar-refractivity contribution is -0.119. The second-order valence-corrected chi connectivity index (χ2v) is 8.88. The smallest absolute Gasteiger partial charge is 0.158 e. The molecule has 0 aromatic heterocycles. The van der Waals surface area contributed by atoms with E-state index in [0.29, 0.717) is 26.4 Å². The molecule has 1 aliphatic heterocycles. The highest BCUT2D eigenvalue weighted by molar-refractivity contribution is 5.95. The number of hydrogen-bond donors (Lipinski definition) is 1. The first kappa shape index (κ1) is 22.6. The normalized spacial score (nSPS) is 22.1. The molecular formula is C27H33NO4. The first-order chi connectivity index (χ1) is 15.6. The van der Waals surface area contributed by atoms with E-state index in [1.165, 1.54) is 5.56 Å². The average molecular weight is 436 g/mol. The van der Waals surface area contributed by atoms with E-state index in [2.05, 4.69) is 6.07 Å². The summed E-state index contributed by atoms with van der Waals surface area (Å²) in [4.78, 5) is 12.9. The van der Waals surface area contributed by atoms with Crippen molar-refractivity contribution in [2.45, 2.75) is 44.1 Å². The summed E-state index contributed by atoms with van der Waals surface area (Å²) in [6.45, 7) is 2.55. The van der Waals surface area contributed by atoms with Gasteiger partial charge < -0.3 is 19.9 Å². The molecule has 1 fully saturated rings. The van der Waals surface area contributed by atoms with Crippen LogP contribution in [-0.4, -0.2) is 32.7 Å². The van der Waals surface area contributed by atoms with Crippen molar-refractivity contribution in [3.63, 3.8) is 0 Å². The van der Waals surface area contributed by atoms with Crippen molar-refractivity contribution in [2.75, 3.05) is 26.9 Å². The summed E-state index contributed by atoms with van der Waals surface area (Å²) in [6.07, 6.45) is 8.21. The third kappa shape index (κ3) is 5.05. The van der Waals surface area contributed by atoms with Crippen LogP contribution in [0, 0.1) is 5.92 Å². The van der Waals surface area contributed by atoms with Crippen molar-refractivity contribution in [1.29, 1.82) is 0 Å². The fourth-order valence-corrected chi connectivity index (χ4v) is 4.82. The van der Waals surface area contributed by atoms with Crippen molar-refractivity contribution in [3.8, 4) is 11.5 Å². The highest BCUT2D eigenvalue weighted by Gasteiger charge is 2.44. The molecule has 0 saturated heterocycles. The Balaban J connectivity index is 1.34. The van der Waals surface area contributed by atoms with Crippen molar-refractivity contribution in [2.24, 2.45) is 11.7 Å². The number of hydrogen-bond acceptors (Lipinski definition) is 5. The van der Waals surface area contributed by atoms with Gasteiger partial charge in [-0.25, -0.2) is 0 Å². The summed E-state index contributed by atoms with van der Waals surface area (Å²) in [7, 11) is 1.69. The molecule has 0 radical (unpaired) electrons. The number of benzene rings is 2. The highest BCUT2D eigenvalue weighted by atomic mass is 16.5. The van der Waals surface area contributed by atoms with Crippen LogP contribution < -0.4 is 15.2 Å². The Morgan fingerprint density at radius 2 is 2.03 bits per heavy atom. The molecule has 1 saturated carbocycles. The topological polar surface area (TPSA) is 70.8 Å². The zero-order valence-electron chi connectivity index (χ0n) is 18.8. The van der Waals surface area contributed by atoms with E-state index in [0.717, 1.165) is 54.7 Å². The zero-order chi connectivity index (χ0) is 22.4. The predicted molar refractivity (Wildman–Crippen MR) is 126 cm³/mol. The number of rotatable bonds is 9. The van der Waals surface area contributed by atoms with Gasteiger partial charge in [0.15, 0.2) is 5.78 Å². The summed E-state index contributed by atoms with van der Waals surface area (Å²) in [5.74, 6) is 2.08. The van der Waals surface area contributed by atoms with Gasteiger partial charge in [0.25, 0.3) is 0 Å². The van der Waals surface area contributed by atoms with Gasteiger partial charge >= 0.3 is 0 Å². The molecule has 1 aliphatic carbocycles. The molecule has 2 aromatic rings. The molecule has 0 bridgehead atoms. The van der Waals surface area contributed by atoms with Gasteiger partial charge in [0.1, 0.15) is 11.5 Å². The monoisotopic (exact) mass is 435 g/mol. The van der Waals surface area contributed by atoms with Crippen molar-refractivity contribution in [3.05, 3.63) is 65.2 Å². The lowest BCUT2D eigenvalue weighted by Gasteiger charge is -2.35. The molecule has 5 heteroatoms. The molecule has 1 heterocycles. The number of nitrogens with two attached hydrogens (primary N) is 1. The maximum Gasteiger partial charge on any atom is 0.158 e. The molecule has 0 unspecified atom stereocenters. The Hall–Kier alpha value is -2.63. The first-order valence-electron chi connectivity index (χ1n) is 11.5. The molecule has 0 atom stereocenters. The molecule has 170 valence electrons. The van der Waals surface area contributed by atoms with Gasteiger partial charge in [0.2, 0.25) is 0 Å². The van der Waals surface area contributed by atoms with Crippen LogP contribution in [0.3, 0.4) is 0 Å². The van der Waals surface area contributed by atoms with Gasteiger partial charge in [-0.05, 0) is 61.1 Å². The molecule has 2 aliphatic rings. The Kier molecular flexibility index (Phi) is 7.28. The third-order valence-electron chi connectivity index (χ3n) is 6.76. The number of fused-ring (bicyclic) bond motifs is 2. The lowest BCUT2D eigenvalue weighted by Crippen LogP contribution is -2.35. The molecule has 4 rings (SSSR count). The van der Waals surface area contributed by atoms with Crippen LogP contribution in [0.2, 0.25) is 0 Å². The highest BCUT2D eigenvalue weighted by Crippen LogP contribution is 2.49. The molecule has 2 N–H and O–H groups in total. The van der Waals surface area contributed by atoms with Crippen LogP contribution in [0.5, 0.6) is 11.5 Å². The maximum absolute atomic E-state index is 12.9. The van der Waals surface area contributed by atoms with Crippen molar-refractivity contribution in [1.82, 2.24) is 0 Å². The van der Waals surface area contributed by atoms with Crippen LogP contribution >= 0.6 is 0 Å². The minimum Gasteiger partial charge on any atom is -0.493 e. The second-order valence-electron chi connectivity index (χ2n) is 8.88. The molecule has 1 spiro atoms. The van der Waals surface area contributed by atoms with Crippen LogP contribution in [-0.2, 0) is 21.5 Å². The zero-order valence-corrected chi connectivity index (χ0v) is 18.8. The summed E-state index contributed by atoms with van der Waals surface area (Å²) in [5, 5.41) is 0. The third-order valence-corrected chi connectivity index (χ3v) is 6.76. The molecule has 32 heavy (non-hydrogen) atoms. The fraction of sp³-hybridized carbons (Fsp3) is 0.444. The fourth-order valence-electron chi connectivity index (χ4n) is 4.82. The van der Waals surface area contributed by atoms with E-state index in [1.807, 2.05) is 42.5 Å². The van der Waals surface area contributed by atoms with Crippen LogP contribution in [0.15, 0.2) is 48.5 Å². The predicted octanol–water partition coefficient (Wildman–Crippen LogP) is 4.66. The van der Waals surface area contributed by atoms with Crippen LogP contribution in [0.25, 0.3) is 6.08 Å². The van der Waals surface area contributed by atoms with E-state index in [9.17, 15) is 4.79 Å². The van der Waals surface area contributed by atoms with Gasteiger partial charge in [-0.1, -0.05) is 30.3 Å². The number of ketones is 1. The SMILES string of the molecule is COCCCOc1cccc(C=CC(=O)C2CCC3(CC2)COc2ccc(CN)cc23)c1. The van der Waals surface area contributed by atoms with E-state index in [4.69, 9.17) is 19.9 Å². The van der Waals surface area contributed by atoms with E-state index < -0.39 is 0 Å². The second kappa shape index (κ2) is 10.3. The van der Waals surface area contributed by atoms with Crippen molar-refractivity contribution >= 4 is 11.9 Å². The average Bonchev–Trinajstić information content (AvgIpc) is 3.18. The van der Waals surface area contributed by atoms with Crippen molar-refractivity contribution < 1.29 is 19.0 Å². The Morgan fingerprint density at radius 1 is 1.19 bits per heavy atom. The molecule has 2 aromatic carbocycles. The van der Waals surface area contributed by atoms with Crippen LogP contribution in [0.4, 0.5) is 0 Å². The van der Waals surface area contributed by atoms with Gasteiger partial charge in [0, 0.05) is 43.6 Å². The van der Waals surface area contributed by atoms with E-state index >= 15 is 0 Å². The summed E-state index contributed by atoms with van der Waals surface area (Å²) in [6, 6.07) is 14.1. The summed E-state index contributed by atoms with van der Waals surface area (Å²) in [5.41, 5.74) is 9.28. The maximum atomic E-state index is 12.9. The minimum atomic E-state index is 0.0372.